The summed E-state index contributed by atoms with van der Waals surface area (Å²) in [5.41, 5.74) is 1.41. The summed E-state index contributed by atoms with van der Waals surface area (Å²) in [6.45, 7) is 3.57. The van der Waals surface area contributed by atoms with Crippen LogP contribution in [0.25, 0.3) is 5.65 Å². The minimum Gasteiger partial charge on any atom is -0.352 e. The maximum Gasteiger partial charge on any atom is 0.178 e. The van der Waals surface area contributed by atoms with E-state index in [0.717, 1.165) is 23.8 Å². The van der Waals surface area contributed by atoms with Gasteiger partial charge < -0.3 is 4.90 Å². The van der Waals surface area contributed by atoms with Crippen molar-refractivity contribution in [3.05, 3.63) is 18.0 Å². The topological polar surface area (TPSA) is 46.3 Å². The normalized spacial score (nSPS) is 27.5. The maximum absolute atomic E-state index is 4.89. The second-order valence-corrected chi connectivity index (χ2v) is 7.30. The quantitative estimate of drug-likeness (QED) is 0.869. The highest BCUT2D eigenvalue weighted by atomic mass is 15.4. The molecule has 2 saturated carbocycles. The molecule has 2 aromatic heterocycles. The molecule has 3 fully saturated rings. The van der Waals surface area contributed by atoms with Gasteiger partial charge in [-0.2, -0.15) is 4.52 Å². The van der Waals surface area contributed by atoms with Crippen molar-refractivity contribution in [3.8, 4) is 0 Å². The van der Waals surface area contributed by atoms with Gasteiger partial charge in [-0.05, 0) is 56.1 Å². The Hall–Kier alpha value is -1.65. The molecule has 0 N–H and O–H groups in total. The fourth-order valence-corrected chi connectivity index (χ4v) is 3.84. The molecule has 1 aliphatic heterocycles. The van der Waals surface area contributed by atoms with E-state index < -0.39 is 0 Å². The number of hydrogen-bond acceptors (Lipinski definition) is 4. The molecule has 1 unspecified atom stereocenters. The minimum absolute atomic E-state index is 0.527. The van der Waals surface area contributed by atoms with Gasteiger partial charge >= 0.3 is 0 Å². The third-order valence-electron chi connectivity index (χ3n) is 5.61. The molecular weight excluding hydrogens is 262 g/mol. The minimum atomic E-state index is 0.527. The van der Waals surface area contributed by atoms with Crippen LogP contribution in [-0.2, 0) is 0 Å². The van der Waals surface area contributed by atoms with E-state index in [9.17, 15) is 0 Å². The summed E-state index contributed by atoms with van der Waals surface area (Å²) < 4.78 is 1.98. The molecule has 0 radical (unpaired) electrons. The van der Waals surface area contributed by atoms with Gasteiger partial charge in [-0.15, -0.1) is 15.3 Å². The highest BCUT2D eigenvalue weighted by molar-refractivity contribution is 5.48. The van der Waals surface area contributed by atoms with Crippen molar-refractivity contribution < 1.29 is 0 Å². The number of anilines is 1. The molecule has 21 heavy (non-hydrogen) atoms. The molecule has 5 rings (SSSR count). The van der Waals surface area contributed by atoms with E-state index in [1.54, 1.807) is 0 Å². The van der Waals surface area contributed by atoms with Gasteiger partial charge in [0.15, 0.2) is 11.5 Å². The predicted octanol–water partition coefficient (Wildman–Crippen LogP) is 2.77. The second-order valence-electron chi connectivity index (χ2n) is 7.30. The van der Waals surface area contributed by atoms with Crippen LogP contribution in [0.3, 0.4) is 0 Å². The first-order chi connectivity index (χ1) is 10.2. The molecule has 110 valence electrons. The largest absolute Gasteiger partial charge is 0.352 e. The Morgan fingerprint density at radius 1 is 1.14 bits per heavy atom. The Kier molecular flexibility index (Phi) is 2.25. The molecular formula is C16H21N5. The molecule has 0 bridgehead atoms. The van der Waals surface area contributed by atoms with E-state index in [4.69, 9.17) is 5.10 Å². The summed E-state index contributed by atoms with van der Waals surface area (Å²) in [4.78, 5) is 2.53. The standard InChI is InChI=1S/C16H21N5/c1-16(8-9-16)12-3-2-10-20(12)14-7-6-13-17-18-15(11-4-5-11)21(13)19-14/h6-7,11-12H,2-5,8-10H2,1H3. The first-order valence-electron chi connectivity index (χ1n) is 8.24. The van der Waals surface area contributed by atoms with Gasteiger partial charge in [-0.1, -0.05) is 6.92 Å². The molecule has 0 aromatic carbocycles. The Labute approximate surface area is 124 Å². The van der Waals surface area contributed by atoms with Crippen molar-refractivity contribution in [2.75, 3.05) is 11.4 Å². The van der Waals surface area contributed by atoms with E-state index in [2.05, 4.69) is 34.2 Å². The van der Waals surface area contributed by atoms with Crippen LogP contribution in [-0.4, -0.2) is 32.4 Å². The zero-order valence-electron chi connectivity index (χ0n) is 12.5. The zero-order valence-corrected chi connectivity index (χ0v) is 12.5. The number of nitrogens with zero attached hydrogens (tertiary/aromatic N) is 5. The second kappa shape index (κ2) is 3.96. The van der Waals surface area contributed by atoms with Gasteiger partial charge in [-0.3, -0.25) is 0 Å². The van der Waals surface area contributed by atoms with Gasteiger partial charge in [0.25, 0.3) is 0 Å². The molecule has 2 aromatic rings. The summed E-state index contributed by atoms with van der Waals surface area (Å²) >= 11 is 0. The fraction of sp³-hybridized carbons (Fsp3) is 0.688. The van der Waals surface area contributed by atoms with Crippen LogP contribution < -0.4 is 4.90 Å². The smallest absolute Gasteiger partial charge is 0.178 e. The van der Waals surface area contributed by atoms with E-state index >= 15 is 0 Å². The number of fused-ring (bicyclic) bond motifs is 1. The molecule has 5 nitrogen and oxygen atoms in total. The molecule has 0 spiro atoms. The number of hydrogen-bond donors (Lipinski definition) is 0. The van der Waals surface area contributed by atoms with Crippen LogP contribution in [0.4, 0.5) is 5.82 Å². The van der Waals surface area contributed by atoms with Crippen molar-refractivity contribution in [3.63, 3.8) is 0 Å². The lowest BCUT2D eigenvalue weighted by Gasteiger charge is -2.30. The van der Waals surface area contributed by atoms with Crippen molar-refractivity contribution in [1.82, 2.24) is 19.8 Å². The monoisotopic (exact) mass is 283 g/mol. The highest BCUT2D eigenvalue weighted by Crippen LogP contribution is 2.53. The van der Waals surface area contributed by atoms with Crippen LogP contribution >= 0.6 is 0 Å². The first-order valence-corrected chi connectivity index (χ1v) is 8.24. The Morgan fingerprint density at radius 2 is 2.00 bits per heavy atom. The van der Waals surface area contributed by atoms with E-state index in [1.807, 2.05) is 4.52 Å². The maximum atomic E-state index is 4.89. The van der Waals surface area contributed by atoms with Gasteiger partial charge in [0, 0.05) is 18.5 Å². The van der Waals surface area contributed by atoms with Gasteiger partial charge in [0.1, 0.15) is 5.82 Å². The Balaban J connectivity index is 1.56. The van der Waals surface area contributed by atoms with Crippen molar-refractivity contribution in [2.45, 2.75) is 57.4 Å². The lowest BCUT2D eigenvalue weighted by Crippen LogP contribution is -2.36. The average molecular weight is 283 g/mol. The van der Waals surface area contributed by atoms with Crippen LogP contribution in [0.1, 0.15) is 57.2 Å². The molecule has 5 heteroatoms. The SMILES string of the molecule is CC1(C2CCCN2c2ccc3nnc(C4CC4)n3n2)CC1. The lowest BCUT2D eigenvalue weighted by molar-refractivity contribution is 0.432. The highest BCUT2D eigenvalue weighted by Gasteiger charge is 2.49. The molecule has 0 amide bonds. The third-order valence-corrected chi connectivity index (χ3v) is 5.61. The van der Waals surface area contributed by atoms with Crippen molar-refractivity contribution in [2.24, 2.45) is 5.41 Å². The van der Waals surface area contributed by atoms with Crippen LogP contribution in [0.5, 0.6) is 0 Å². The molecule has 1 saturated heterocycles. The van der Waals surface area contributed by atoms with E-state index in [-0.39, 0.29) is 0 Å². The average Bonchev–Trinajstić information content (AvgIpc) is 3.38. The first kappa shape index (κ1) is 12.0. The summed E-state index contributed by atoms with van der Waals surface area (Å²) in [5.74, 6) is 2.75. The molecule has 3 heterocycles. The van der Waals surface area contributed by atoms with Crippen LogP contribution in [0.2, 0.25) is 0 Å². The summed E-state index contributed by atoms with van der Waals surface area (Å²) in [6, 6.07) is 4.87. The van der Waals surface area contributed by atoms with Crippen LogP contribution in [0, 0.1) is 5.41 Å². The summed E-state index contributed by atoms with van der Waals surface area (Å²) in [5, 5.41) is 13.5. The molecule has 3 aliphatic rings. The van der Waals surface area contributed by atoms with E-state index in [1.165, 1.54) is 38.5 Å². The van der Waals surface area contributed by atoms with Gasteiger partial charge in [0.2, 0.25) is 0 Å². The summed E-state index contributed by atoms with van der Waals surface area (Å²) in [7, 11) is 0. The van der Waals surface area contributed by atoms with Gasteiger partial charge in [0.05, 0.1) is 0 Å². The zero-order chi connectivity index (χ0) is 14.0. The van der Waals surface area contributed by atoms with E-state index in [0.29, 0.717) is 17.4 Å². The van der Waals surface area contributed by atoms with Gasteiger partial charge in [-0.25, -0.2) is 0 Å². The van der Waals surface area contributed by atoms with Crippen LogP contribution in [0.15, 0.2) is 12.1 Å². The Bertz CT molecular complexity index is 698. The Morgan fingerprint density at radius 3 is 2.76 bits per heavy atom. The van der Waals surface area contributed by atoms with Crippen molar-refractivity contribution >= 4 is 11.5 Å². The fourth-order valence-electron chi connectivity index (χ4n) is 3.84. The predicted molar refractivity (Wildman–Crippen MR) is 80.5 cm³/mol. The number of aromatic nitrogens is 4. The molecule has 1 atom stereocenters. The third kappa shape index (κ3) is 1.79. The molecule has 2 aliphatic carbocycles. The number of rotatable bonds is 3. The lowest BCUT2D eigenvalue weighted by atomic mass is 9.96. The van der Waals surface area contributed by atoms with Crippen molar-refractivity contribution in [1.29, 1.82) is 0 Å². The summed E-state index contributed by atoms with van der Waals surface area (Å²) in [6.07, 6.45) is 7.81.